The molecule has 0 unspecified atom stereocenters. The summed E-state index contributed by atoms with van der Waals surface area (Å²) in [7, 11) is 0. The maximum absolute atomic E-state index is 12.0. The number of anilines is 1. The van der Waals surface area contributed by atoms with Gasteiger partial charge in [-0.05, 0) is 18.1 Å². The van der Waals surface area contributed by atoms with Crippen LogP contribution in [-0.4, -0.2) is 54.2 Å². The summed E-state index contributed by atoms with van der Waals surface area (Å²) >= 11 is 0. The lowest BCUT2D eigenvalue weighted by Gasteiger charge is -2.27. The highest BCUT2D eigenvalue weighted by Crippen LogP contribution is 2.18. The first-order chi connectivity index (χ1) is 11.1. The number of para-hydroxylation sites is 1. The summed E-state index contributed by atoms with van der Waals surface area (Å²) in [6.45, 7) is 3.93. The number of nitrogens with one attached hydrogen (secondary N) is 1. The monoisotopic (exact) mass is 321 g/mol. The van der Waals surface area contributed by atoms with Crippen molar-refractivity contribution in [3.05, 3.63) is 29.8 Å². The van der Waals surface area contributed by atoms with Gasteiger partial charge in [0, 0.05) is 31.7 Å². The molecule has 1 aromatic carbocycles. The van der Waals surface area contributed by atoms with Crippen LogP contribution in [0.4, 0.5) is 5.69 Å². The molecular formula is C16H23N3O4. The number of carboxylic acids is 1. The number of nitrogens with zero attached hydrogens (tertiary/aromatic N) is 1. The number of hydrogen-bond acceptors (Lipinski definition) is 5. The minimum atomic E-state index is -1.09. The first kappa shape index (κ1) is 17.4. The zero-order valence-electron chi connectivity index (χ0n) is 13.0. The van der Waals surface area contributed by atoms with Crippen LogP contribution in [0.3, 0.4) is 0 Å². The van der Waals surface area contributed by atoms with Crippen LogP contribution in [-0.2, 0) is 20.9 Å². The number of carbonyl (C=O) groups is 2. The van der Waals surface area contributed by atoms with Crippen molar-refractivity contribution in [2.24, 2.45) is 5.73 Å². The number of carboxylic acid groups (broad SMARTS) is 1. The number of ether oxygens (including phenoxy) is 1. The molecule has 1 aliphatic heterocycles. The zero-order chi connectivity index (χ0) is 16.7. The molecule has 0 saturated carbocycles. The Hall–Kier alpha value is -1.96. The average Bonchev–Trinajstić information content (AvgIpc) is 2.55. The van der Waals surface area contributed by atoms with Gasteiger partial charge in [-0.3, -0.25) is 14.5 Å². The van der Waals surface area contributed by atoms with Gasteiger partial charge in [-0.25, -0.2) is 0 Å². The van der Waals surface area contributed by atoms with Gasteiger partial charge in [0.25, 0.3) is 0 Å². The minimum absolute atomic E-state index is 0.0827. The van der Waals surface area contributed by atoms with E-state index in [1.165, 1.54) is 0 Å². The van der Waals surface area contributed by atoms with Crippen molar-refractivity contribution < 1.29 is 19.4 Å². The summed E-state index contributed by atoms with van der Waals surface area (Å²) in [6, 6.07) is 6.62. The van der Waals surface area contributed by atoms with Gasteiger partial charge in [0.15, 0.2) is 0 Å². The van der Waals surface area contributed by atoms with Crippen molar-refractivity contribution in [1.29, 1.82) is 0 Å². The molecule has 1 atom stereocenters. The van der Waals surface area contributed by atoms with E-state index >= 15 is 0 Å². The second-order valence-corrected chi connectivity index (χ2v) is 5.58. The maximum atomic E-state index is 12.0. The fourth-order valence-electron chi connectivity index (χ4n) is 2.40. The van der Waals surface area contributed by atoms with Crippen molar-refractivity contribution in [1.82, 2.24) is 4.90 Å². The van der Waals surface area contributed by atoms with E-state index in [1.807, 2.05) is 24.3 Å². The highest BCUT2D eigenvalue weighted by atomic mass is 16.5. The summed E-state index contributed by atoms with van der Waals surface area (Å²) in [4.78, 5) is 24.9. The fourth-order valence-corrected chi connectivity index (χ4v) is 2.40. The minimum Gasteiger partial charge on any atom is -0.480 e. The Kier molecular flexibility index (Phi) is 6.52. The van der Waals surface area contributed by atoms with E-state index in [4.69, 9.17) is 15.6 Å². The van der Waals surface area contributed by atoms with Gasteiger partial charge in [0.05, 0.1) is 13.2 Å². The van der Waals surface area contributed by atoms with Crippen LogP contribution in [0.2, 0.25) is 0 Å². The Bertz CT molecular complexity index is 544. The first-order valence-electron chi connectivity index (χ1n) is 7.72. The number of benzene rings is 1. The molecule has 0 aromatic heterocycles. The molecular weight excluding hydrogens is 298 g/mol. The number of carbonyl (C=O) groups excluding carboxylic acids is 1. The molecule has 2 rings (SSSR count). The molecule has 1 aliphatic rings. The molecule has 4 N–H and O–H groups in total. The third-order valence-corrected chi connectivity index (χ3v) is 3.79. The van der Waals surface area contributed by atoms with E-state index in [0.717, 1.165) is 44.1 Å². The molecule has 23 heavy (non-hydrogen) atoms. The van der Waals surface area contributed by atoms with Gasteiger partial charge < -0.3 is 20.9 Å². The van der Waals surface area contributed by atoms with E-state index < -0.39 is 12.0 Å². The normalized spacial score (nSPS) is 16.7. The quantitative estimate of drug-likeness (QED) is 0.681. The van der Waals surface area contributed by atoms with Crippen molar-refractivity contribution >= 4 is 17.6 Å². The molecule has 7 heteroatoms. The third-order valence-electron chi connectivity index (χ3n) is 3.79. The van der Waals surface area contributed by atoms with Crippen molar-refractivity contribution in [2.75, 3.05) is 31.6 Å². The molecule has 1 fully saturated rings. The Morgan fingerprint density at radius 1 is 1.30 bits per heavy atom. The van der Waals surface area contributed by atoms with Crippen molar-refractivity contribution in [3.63, 3.8) is 0 Å². The maximum Gasteiger partial charge on any atom is 0.320 e. The number of aliphatic carboxylic acids is 1. The topological polar surface area (TPSA) is 105 Å². The highest BCUT2D eigenvalue weighted by Gasteiger charge is 2.16. The van der Waals surface area contributed by atoms with Crippen LogP contribution in [0.25, 0.3) is 0 Å². The SMILES string of the molecule is N[C@@H](CCC(=O)Nc1ccccc1CN1CCOCC1)C(=O)O. The van der Waals surface area contributed by atoms with Crippen molar-refractivity contribution in [3.8, 4) is 0 Å². The molecule has 126 valence electrons. The number of amides is 1. The Morgan fingerprint density at radius 3 is 2.70 bits per heavy atom. The molecule has 1 saturated heterocycles. The number of rotatable bonds is 7. The predicted octanol–water partition coefficient (Wildman–Crippen LogP) is 0.649. The summed E-state index contributed by atoms with van der Waals surface area (Å²) in [6.07, 6.45) is 0.201. The smallest absolute Gasteiger partial charge is 0.320 e. The first-order valence-corrected chi connectivity index (χ1v) is 7.72. The summed E-state index contributed by atoms with van der Waals surface area (Å²) in [5.74, 6) is -1.32. The lowest BCUT2D eigenvalue weighted by molar-refractivity contribution is -0.138. The molecule has 0 spiro atoms. The number of hydrogen-bond donors (Lipinski definition) is 3. The molecule has 0 bridgehead atoms. The third kappa shape index (κ3) is 5.63. The van der Waals surface area contributed by atoms with Gasteiger partial charge in [-0.1, -0.05) is 18.2 Å². The molecule has 1 heterocycles. The van der Waals surface area contributed by atoms with Gasteiger partial charge in [0.2, 0.25) is 5.91 Å². The fraction of sp³-hybridized carbons (Fsp3) is 0.500. The largest absolute Gasteiger partial charge is 0.480 e. The summed E-state index contributed by atoms with van der Waals surface area (Å²) < 4.78 is 5.33. The highest BCUT2D eigenvalue weighted by molar-refractivity contribution is 5.91. The second-order valence-electron chi connectivity index (χ2n) is 5.58. The Labute approximate surface area is 135 Å². The van der Waals surface area contributed by atoms with Gasteiger partial charge in [0.1, 0.15) is 6.04 Å². The predicted molar refractivity (Wildman–Crippen MR) is 86.0 cm³/mol. The molecule has 1 aromatic rings. The Balaban J connectivity index is 1.91. The molecule has 0 radical (unpaired) electrons. The van der Waals surface area contributed by atoms with Gasteiger partial charge >= 0.3 is 5.97 Å². The van der Waals surface area contributed by atoms with Crippen LogP contribution in [0.15, 0.2) is 24.3 Å². The average molecular weight is 321 g/mol. The van der Waals surface area contributed by atoms with Crippen LogP contribution >= 0.6 is 0 Å². The number of morpholine rings is 1. The van der Waals surface area contributed by atoms with E-state index in [9.17, 15) is 9.59 Å². The van der Waals surface area contributed by atoms with Gasteiger partial charge in [-0.2, -0.15) is 0 Å². The Morgan fingerprint density at radius 2 is 2.00 bits per heavy atom. The van der Waals surface area contributed by atoms with E-state index in [2.05, 4.69) is 10.2 Å². The van der Waals surface area contributed by atoms with Crippen LogP contribution in [0, 0.1) is 0 Å². The van der Waals surface area contributed by atoms with E-state index in [-0.39, 0.29) is 18.7 Å². The van der Waals surface area contributed by atoms with Gasteiger partial charge in [-0.15, -0.1) is 0 Å². The van der Waals surface area contributed by atoms with E-state index in [1.54, 1.807) is 0 Å². The zero-order valence-corrected chi connectivity index (χ0v) is 13.0. The lowest BCUT2D eigenvalue weighted by Crippen LogP contribution is -2.36. The lowest BCUT2D eigenvalue weighted by atomic mass is 10.1. The summed E-state index contributed by atoms with van der Waals surface area (Å²) in [5.41, 5.74) is 7.20. The molecule has 0 aliphatic carbocycles. The summed E-state index contributed by atoms with van der Waals surface area (Å²) in [5, 5.41) is 11.6. The number of nitrogens with two attached hydrogens (primary N) is 1. The van der Waals surface area contributed by atoms with Crippen LogP contribution < -0.4 is 11.1 Å². The van der Waals surface area contributed by atoms with Crippen LogP contribution in [0.5, 0.6) is 0 Å². The standard InChI is InChI=1S/C16H23N3O4/c17-13(16(21)22)5-6-15(20)18-14-4-2-1-3-12(14)11-19-7-9-23-10-8-19/h1-4,13H,5-11,17H2,(H,18,20)(H,21,22)/t13-/m0/s1. The van der Waals surface area contributed by atoms with Crippen LogP contribution in [0.1, 0.15) is 18.4 Å². The molecule has 1 amide bonds. The van der Waals surface area contributed by atoms with Crippen molar-refractivity contribution in [2.45, 2.75) is 25.4 Å². The second kappa shape index (κ2) is 8.61. The molecule has 7 nitrogen and oxygen atoms in total. The van der Waals surface area contributed by atoms with E-state index in [0.29, 0.717) is 0 Å².